The third kappa shape index (κ3) is 2.56. The molecule has 1 aliphatic rings. The molecule has 18 heavy (non-hydrogen) atoms. The Bertz CT molecular complexity index is 531. The molecule has 2 aromatic heterocycles. The highest BCUT2D eigenvalue weighted by Crippen LogP contribution is 2.37. The van der Waals surface area contributed by atoms with Crippen LogP contribution in [-0.2, 0) is 6.42 Å². The van der Waals surface area contributed by atoms with E-state index in [4.69, 9.17) is 0 Å². The van der Waals surface area contributed by atoms with E-state index in [9.17, 15) is 4.79 Å². The van der Waals surface area contributed by atoms with Crippen LogP contribution in [-0.4, -0.2) is 32.6 Å². The highest BCUT2D eigenvalue weighted by Gasteiger charge is 2.28. The average Bonchev–Trinajstić information content (AvgIpc) is 2.92. The van der Waals surface area contributed by atoms with E-state index >= 15 is 0 Å². The number of aromatic nitrogens is 4. The fraction of sp³-hybridized carbons (Fsp3) is 0.455. The number of thiazole rings is 1. The van der Waals surface area contributed by atoms with Gasteiger partial charge in [0, 0.05) is 24.3 Å². The van der Waals surface area contributed by atoms with Gasteiger partial charge >= 0.3 is 0 Å². The van der Waals surface area contributed by atoms with Crippen molar-refractivity contribution >= 4 is 17.2 Å². The molecule has 0 bridgehead atoms. The summed E-state index contributed by atoms with van der Waals surface area (Å²) in [5, 5.41) is 11.5. The smallest absolute Gasteiger partial charge is 0.290 e. The number of hydrogen-bond donors (Lipinski definition) is 2. The topological polar surface area (TPSA) is 83.6 Å². The molecule has 0 aliphatic heterocycles. The van der Waals surface area contributed by atoms with E-state index in [0.717, 1.165) is 30.8 Å². The minimum absolute atomic E-state index is 0.228. The quantitative estimate of drug-likeness (QED) is 0.846. The molecule has 1 aliphatic carbocycles. The Balaban J connectivity index is 1.50. The lowest BCUT2D eigenvalue weighted by atomic mass is 10.3. The van der Waals surface area contributed by atoms with Crippen molar-refractivity contribution in [1.82, 2.24) is 25.5 Å². The summed E-state index contributed by atoms with van der Waals surface area (Å²) < 4.78 is 0. The summed E-state index contributed by atoms with van der Waals surface area (Å²) in [6.07, 6.45) is 3.01. The first kappa shape index (κ1) is 11.3. The molecule has 1 saturated carbocycles. The van der Waals surface area contributed by atoms with E-state index < -0.39 is 0 Å². The maximum absolute atomic E-state index is 11.8. The normalized spacial score (nSPS) is 14.7. The van der Waals surface area contributed by atoms with Crippen molar-refractivity contribution in [3.8, 4) is 0 Å². The van der Waals surface area contributed by atoms with Gasteiger partial charge in [0.1, 0.15) is 5.82 Å². The number of nitrogens with one attached hydrogen (secondary N) is 2. The number of aromatic amines is 1. The van der Waals surface area contributed by atoms with Gasteiger partial charge in [-0.2, -0.15) is 0 Å². The second-order valence-electron chi connectivity index (χ2n) is 4.30. The minimum atomic E-state index is -0.228. The standard InChI is InChI=1S/C11H13N5OS/c17-11(12-4-3-8-5-18-6-13-8)10-14-9(15-16-10)7-1-2-7/h5-7H,1-4H2,(H,12,17)(H,14,15,16). The van der Waals surface area contributed by atoms with Gasteiger partial charge in [0.15, 0.2) is 0 Å². The Kier molecular flexibility index (Phi) is 3.06. The Morgan fingerprint density at radius 1 is 1.56 bits per heavy atom. The van der Waals surface area contributed by atoms with Crippen molar-refractivity contribution in [1.29, 1.82) is 0 Å². The van der Waals surface area contributed by atoms with Crippen LogP contribution in [0.25, 0.3) is 0 Å². The van der Waals surface area contributed by atoms with Crippen LogP contribution in [0.2, 0.25) is 0 Å². The molecule has 0 atom stereocenters. The third-order valence-corrected chi connectivity index (χ3v) is 3.46. The van der Waals surface area contributed by atoms with Crippen LogP contribution in [0.1, 0.15) is 40.9 Å². The molecule has 0 spiro atoms. The van der Waals surface area contributed by atoms with Gasteiger partial charge in [-0.05, 0) is 12.8 Å². The molecule has 2 N–H and O–H groups in total. The van der Waals surface area contributed by atoms with Crippen molar-refractivity contribution in [2.45, 2.75) is 25.2 Å². The largest absolute Gasteiger partial charge is 0.349 e. The molecule has 6 nitrogen and oxygen atoms in total. The lowest BCUT2D eigenvalue weighted by molar-refractivity contribution is 0.0944. The first-order valence-electron chi connectivity index (χ1n) is 5.90. The summed E-state index contributed by atoms with van der Waals surface area (Å²) in [6.45, 7) is 0.551. The highest BCUT2D eigenvalue weighted by molar-refractivity contribution is 7.07. The number of hydrogen-bond acceptors (Lipinski definition) is 5. The molecule has 0 saturated heterocycles. The molecule has 0 aromatic carbocycles. The van der Waals surface area contributed by atoms with Crippen molar-refractivity contribution < 1.29 is 4.79 Å². The number of amides is 1. The van der Waals surface area contributed by atoms with Gasteiger partial charge in [-0.25, -0.2) is 9.97 Å². The van der Waals surface area contributed by atoms with E-state index in [1.807, 2.05) is 5.38 Å². The van der Waals surface area contributed by atoms with Crippen LogP contribution < -0.4 is 5.32 Å². The number of nitrogens with zero attached hydrogens (tertiary/aromatic N) is 3. The van der Waals surface area contributed by atoms with E-state index in [1.54, 1.807) is 16.8 Å². The molecule has 2 heterocycles. The Labute approximate surface area is 108 Å². The zero-order chi connectivity index (χ0) is 12.4. The van der Waals surface area contributed by atoms with E-state index in [-0.39, 0.29) is 11.7 Å². The second-order valence-corrected chi connectivity index (χ2v) is 5.02. The van der Waals surface area contributed by atoms with Gasteiger partial charge < -0.3 is 5.32 Å². The molecule has 0 radical (unpaired) electrons. The number of rotatable bonds is 5. The monoisotopic (exact) mass is 263 g/mol. The zero-order valence-corrected chi connectivity index (χ0v) is 10.5. The summed E-state index contributed by atoms with van der Waals surface area (Å²) in [5.41, 5.74) is 2.78. The minimum Gasteiger partial charge on any atom is -0.349 e. The Morgan fingerprint density at radius 2 is 2.44 bits per heavy atom. The molecule has 94 valence electrons. The third-order valence-electron chi connectivity index (χ3n) is 2.82. The van der Waals surface area contributed by atoms with Crippen molar-refractivity contribution in [3.05, 3.63) is 28.2 Å². The molecular weight excluding hydrogens is 250 g/mol. The molecular formula is C11H13N5OS. The first-order valence-corrected chi connectivity index (χ1v) is 6.85. The molecule has 1 fully saturated rings. The van der Waals surface area contributed by atoms with Crippen molar-refractivity contribution in [3.63, 3.8) is 0 Å². The molecule has 3 rings (SSSR count). The van der Waals surface area contributed by atoms with Gasteiger partial charge in [-0.3, -0.25) is 9.89 Å². The van der Waals surface area contributed by atoms with Crippen molar-refractivity contribution in [2.24, 2.45) is 0 Å². The summed E-state index contributed by atoms with van der Waals surface area (Å²) in [6, 6.07) is 0. The highest BCUT2D eigenvalue weighted by atomic mass is 32.1. The first-order chi connectivity index (χ1) is 8.83. The fourth-order valence-corrected chi connectivity index (χ4v) is 2.25. The van der Waals surface area contributed by atoms with Gasteiger partial charge in [0.2, 0.25) is 5.82 Å². The van der Waals surface area contributed by atoms with Crippen molar-refractivity contribution in [2.75, 3.05) is 6.54 Å². The Morgan fingerprint density at radius 3 is 3.17 bits per heavy atom. The number of carbonyl (C=O) groups excluding carboxylic acids is 1. The van der Waals surface area contributed by atoms with Gasteiger partial charge in [0.25, 0.3) is 5.91 Å². The van der Waals surface area contributed by atoms with Gasteiger partial charge in [-0.15, -0.1) is 16.4 Å². The zero-order valence-electron chi connectivity index (χ0n) is 9.72. The molecule has 0 unspecified atom stereocenters. The SMILES string of the molecule is O=C(NCCc1cscn1)c1n[nH]c(C2CC2)n1. The van der Waals surface area contributed by atoms with Crippen LogP contribution in [0, 0.1) is 0 Å². The fourth-order valence-electron chi connectivity index (χ4n) is 1.66. The average molecular weight is 263 g/mol. The van der Waals surface area contributed by atoms with Gasteiger partial charge in [0.05, 0.1) is 11.2 Å². The van der Waals surface area contributed by atoms with Crippen LogP contribution in [0.15, 0.2) is 10.9 Å². The predicted octanol–water partition coefficient (Wildman–Crippen LogP) is 1.11. The molecule has 7 heteroatoms. The summed E-state index contributed by atoms with van der Waals surface area (Å²) in [4.78, 5) is 20.1. The number of carbonyl (C=O) groups is 1. The predicted molar refractivity (Wildman–Crippen MR) is 66.5 cm³/mol. The molecule has 1 amide bonds. The number of H-pyrrole nitrogens is 1. The summed E-state index contributed by atoms with van der Waals surface area (Å²) in [5.74, 6) is 1.32. The maximum atomic E-state index is 11.8. The lowest BCUT2D eigenvalue weighted by Gasteiger charge is -1.99. The molecule has 2 aromatic rings. The van der Waals surface area contributed by atoms with E-state index in [1.165, 1.54) is 0 Å². The van der Waals surface area contributed by atoms with E-state index in [2.05, 4.69) is 25.5 Å². The lowest BCUT2D eigenvalue weighted by Crippen LogP contribution is -2.26. The van der Waals surface area contributed by atoms with Crippen LogP contribution in [0.5, 0.6) is 0 Å². The van der Waals surface area contributed by atoms with Crippen LogP contribution in [0.3, 0.4) is 0 Å². The van der Waals surface area contributed by atoms with Crippen LogP contribution in [0.4, 0.5) is 0 Å². The summed E-state index contributed by atoms with van der Waals surface area (Å²) >= 11 is 1.55. The van der Waals surface area contributed by atoms with E-state index in [0.29, 0.717) is 12.5 Å². The summed E-state index contributed by atoms with van der Waals surface area (Å²) in [7, 11) is 0. The maximum Gasteiger partial charge on any atom is 0.290 e. The Hall–Kier alpha value is -1.76. The van der Waals surface area contributed by atoms with Gasteiger partial charge in [-0.1, -0.05) is 0 Å². The second kappa shape index (κ2) is 4.85. The van der Waals surface area contributed by atoms with Crippen LogP contribution >= 0.6 is 11.3 Å².